The van der Waals surface area contributed by atoms with E-state index in [9.17, 15) is 19.8 Å². The number of thiophene rings is 1. The van der Waals surface area contributed by atoms with Gasteiger partial charge in [0.05, 0.1) is 11.4 Å². The summed E-state index contributed by atoms with van der Waals surface area (Å²) in [5.41, 5.74) is 7.14. The first-order chi connectivity index (χ1) is 15.7. The lowest BCUT2D eigenvalue weighted by molar-refractivity contribution is -0.110. The van der Waals surface area contributed by atoms with Crippen molar-refractivity contribution in [2.24, 2.45) is 5.10 Å². The Labute approximate surface area is 194 Å². The molecule has 1 aliphatic rings. The van der Waals surface area contributed by atoms with E-state index in [1.165, 1.54) is 24.1 Å². The molecule has 9 heteroatoms. The van der Waals surface area contributed by atoms with Crippen molar-refractivity contribution in [1.82, 2.24) is 0 Å². The molecule has 0 atom stereocenters. The third-order valence-corrected chi connectivity index (χ3v) is 6.43. The van der Waals surface area contributed by atoms with E-state index in [0.29, 0.717) is 16.1 Å². The van der Waals surface area contributed by atoms with Crippen molar-refractivity contribution in [2.45, 2.75) is 26.7 Å². The van der Waals surface area contributed by atoms with Crippen molar-refractivity contribution < 1.29 is 19.8 Å². The number of hydrogen-bond acceptors (Lipinski definition) is 7. The summed E-state index contributed by atoms with van der Waals surface area (Å²) in [6.07, 6.45) is 2.03. The summed E-state index contributed by atoms with van der Waals surface area (Å²) in [5.74, 6) is -1.70. The topological polar surface area (TPSA) is 135 Å². The number of carboxylic acid groups (broad SMARTS) is 1. The molecule has 1 heterocycles. The Kier molecular flexibility index (Phi) is 5.97. The Morgan fingerprint density at radius 1 is 1.09 bits per heavy atom. The number of carbonyl (C=O) groups excluding carboxylic acids is 1. The molecular formula is C24H22N4O4S. The summed E-state index contributed by atoms with van der Waals surface area (Å²) in [5, 5.41) is 34.8. The van der Waals surface area contributed by atoms with Crippen LogP contribution in [0.3, 0.4) is 0 Å². The molecule has 4 rings (SSSR count). The van der Waals surface area contributed by atoms with Crippen LogP contribution in [0.5, 0.6) is 5.75 Å². The second kappa shape index (κ2) is 8.87. The number of carboxylic acids is 1. The standard InChI is InChI=1S/C24H22N4O4S/c1-12-9-17(19-7-8-20(33-19)24(31)32)22(29)18(10-12)27-28-21(13(2)25)23(30)26-16-6-5-14-3-4-15(14)11-16/h5-11,25,27,29H,3-4H2,1-2H3,(H,26,30)(H,31,32)/b25-13?,28-21-. The van der Waals surface area contributed by atoms with Crippen molar-refractivity contribution in [3.63, 3.8) is 0 Å². The van der Waals surface area contributed by atoms with Gasteiger partial charge in [-0.15, -0.1) is 11.3 Å². The zero-order valence-corrected chi connectivity index (χ0v) is 18.8. The van der Waals surface area contributed by atoms with Crippen LogP contribution in [-0.4, -0.2) is 33.5 Å². The molecule has 3 aromatic rings. The first kappa shape index (κ1) is 22.2. The van der Waals surface area contributed by atoms with Gasteiger partial charge >= 0.3 is 5.97 Å². The number of nitrogens with one attached hydrogen (secondary N) is 3. The number of carbonyl (C=O) groups is 2. The predicted octanol–water partition coefficient (Wildman–Crippen LogP) is 4.67. The van der Waals surface area contributed by atoms with Crippen LogP contribution in [0.15, 0.2) is 47.6 Å². The lowest BCUT2D eigenvalue weighted by atomic mass is 9.88. The fourth-order valence-electron chi connectivity index (χ4n) is 3.53. The lowest BCUT2D eigenvalue weighted by Gasteiger charge is -2.19. The number of hydrogen-bond donors (Lipinski definition) is 5. The third-order valence-electron chi connectivity index (χ3n) is 5.32. The molecule has 0 saturated carbocycles. The van der Waals surface area contributed by atoms with Crippen LogP contribution in [-0.2, 0) is 17.6 Å². The highest BCUT2D eigenvalue weighted by Gasteiger charge is 2.19. The average molecular weight is 463 g/mol. The summed E-state index contributed by atoms with van der Waals surface area (Å²) in [7, 11) is 0. The molecule has 1 amide bonds. The monoisotopic (exact) mass is 462 g/mol. The Balaban J connectivity index is 1.59. The van der Waals surface area contributed by atoms with E-state index in [-0.39, 0.29) is 27.7 Å². The Morgan fingerprint density at radius 3 is 2.45 bits per heavy atom. The quantitative estimate of drug-likeness (QED) is 0.197. The molecule has 33 heavy (non-hydrogen) atoms. The van der Waals surface area contributed by atoms with Crippen molar-refractivity contribution >= 4 is 46.0 Å². The van der Waals surface area contributed by atoms with Crippen LogP contribution < -0.4 is 10.7 Å². The van der Waals surface area contributed by atoms with Gasteiger partial charge < -0.3 is 20.9 Å². The fraction of sp³-hybridized carbons (Fsp3) is 0.167. The first-order valence-corrected chi connectivity index (χ1v) is 11.0. The van der Waals surface area contributed by atoms with Crippen LogP contribution >= 0.6 is 11.3 Å². The molecule has 0 saturated heterocycles. The largest absolute Gasteiger partial charge is 0.505 e. The van der Waals surface area contributed by atoms with Crippen molar-refractivity contribution in [2.75, 3.05) is 10.7 Å². The summed E-state index contributed by atoms with van der Waals surface area (Å²) in [6.45, 7) is 3.28. The summed E-state index contributed by atoms with van der Waals surface area (Å²) < 4.78 is 0. The molecule has 1 aliphatic carbocycles. The predicted molar refractivity (Wildman–Crippen MR) is 130 cm³/mol. The van der Waals surface area contributed by atoms with Gasteiger partial charge in [0, 0.05) is 16.1 Å². The van der Waals surface area contributed by atoms with Gasteiger partial charge in [-0.3, -0.25) is 10.2 Å². The number of phenolic OH excluding ortho intramolecular Hbond substituents is 1. The van der Waals surface area contributed by atoms with Crippen LogP contribution in [0, 0.1) is 12.3 Å². The molecule has 5 N–H and O–H groups in total. The van der Waals surface area contributed by atoms with E-state index in [2.05, 4.69) is 15.8 Å². The number of fused-ring (bicyclic) bond motifs is 1. The molecular weight excluding hydrogens is 440 g/mol. The van der Waals surface area contributed by atoms with Gasteiger partial charge in [-0.1, -0.05) is 6.07 Å². The minimum Gasteiger partial charge on any atom is -0.505 e. The minimum absolute atomic E-state index is 0.0411. The zero-order valence-electron chi connectivity index (χ0n) is 18.0. The number of aryl methyl sites for hydroxylation is 3. The van der Waals surface area contributed by atoms with Gasteiger partial charge in [-0.25, -0.2) is 4.79 Å². The lowest BCUT2D eigenvalue weighted by Crippen LogP contribution is -2.29. The number of hydrazone groups is 1. The van der Waals surface area contributed by atoms with Crippen LogP contribution in [0.1, 0.15) is 33.3 Å². The number of aromatic hydroxyl groups is 1. The summed E-state index contributed by atoms with van der Waals surface area (Å²) in [6, 6.07) is 12.2. The van der Waals surface area contributed by atoms with E-state index < -0.39 is 11.9 Å². The maximum Gasteiger partial charge on any atom is 0.345 e. The smallest absolute Gasteiger partial charge is 0.345 e. The van der Waals surface area contributed by atoms with Crippen molar-refractivity contribution in [1.29, 1.82) is 5.41 Å². The summed E-state index contributed by atoms with van der Waals surface area (Å²) >= 11 is 1.05. The van der Waals surface area contributed by atoms with E-state index in [4.69, 9.17) is 5.41 Å². The number of aromatic carboxylic acids is 1. The number of benzene rings is 2. The molecule has 0 radical (unpaired) electrons. The number of anilines is 2. The molecule has 0 fully saturated rings. The maximum absolute atomic E-state index is 12.8. The fourth-order valence-corrected chi connectivity index (χ4v) is 4.40. The molecule has 2 aromatic carbocycles. The highest BCUT2D eigenvalue weighted by molar-refractivity contribution is 7.17. The van der Waals surface area contributed by atoms with E-state index in [1.807, 2.05) is 25.1 Å². The van der Waals surface area contributed by atoms with Crippen LogP contribution in [0.4, 0.5) is 11.4 Å². The zero-order chi connectivity index (χ0) is 23.7. The molecule has 8 nitrogen and oxygen atoms in total. The van der Waals surface area contributed by atoms with Gasteiger partial charge in [0.15, 0.2) is 5.71 Å². The second-order valence-electron chi connectivity index (χ2n) is 7.81. The Hall–Kier alpha value is -3.98. The van der Waals surface area contributed by atoms with Gasteiger partial charge in [-0.2, -0.15) is 5.10 Å². The molecule has 1 aromatic heterocycles. The highest BCUT2D eigenvalue weighted by atomic mass is 32.1. The van der Waals surface area contributed by atoms with E-state index in [1.54, 1.807) is 18.2 Å². The first-order valence-electron chi connectivity index (χ1n) is 10.2. The molecule has 168 valence electrons. The number of phenols is 1. The SMILES string of the molecule is CC(=N)/C(=N/Nc1cc(C)cc(-c2ccc(C(=O)O)s2)c1O)C(=O)Nc1ccc2c(c1)CC2. The Bertz CT molecular complexity index is 1330. The minimum atomic E-state index is -1.04. The number of nitrogens with zero attached hydrogens (tertiary/aromatic N) is 1. The molecule has 0 aliphatic heterocycles. The second-order valence-corrected chi connectivity index (χ2v) is 8.90. The maximum atomic E-state index is 12.8. The molecule has 0 bridgehead atoms. The number of amides is 1. The summed E-state index contributed by atoms with van der Waals surface area (Å²) in [4.78, 5) is 24.7. The van der Waals surface area contributed by atoms with Crippen LogP contribution in [0.25, 0.3) is 10.4 Å². The van der Waals surface area contributed by atoms with Gasteiger partial charge in [0.1, 0.15) is 10.6 Å². The molecule has 0 unspecified atom stereocenters. The van der Waals surface area contributed by atoms with E-state index in [0.717, 1.165) is 29.7 Å². The number of rotatable bonds is 7. The van der Waals surface area contributed by atoms with Gasteiger partial charge in [0.2, 0.25) is 0 Å². The third kappa shape index (κ3) is 4.63. The normalized spacial score (nSPS) is 12.5. The van der Waals surface area contributed by atoms with Gasteiger partial charge in [0.25, 0.3) is 5.91 Å². The van der Waals surface area contributed by atoms with E-state index >= 15 is 0 Å². The molecule has 0 spiro atoms. The van der Waals surface area contributed by atoms with Crippen molar-refractivity contribution in [3.05, 3.63) is 64.0 Å². The van der Waals surface area contributed by atoms with Crippen molar-refractivity contribution in [3.8, 4) is 16.2 Å². The Morgan fingerprint density at radius 2 is 1.85 bits per heavy atom. The van der Waals surface area contributed by atoms with Gasteiger partial charge in [-0.05, 0) is 79.8 Å². The highest BCUT2D eigenvalue weighted by Crippen LogP contribution is 2.40. The average Bonchev–Trinajstić information content (AvgIpc) is 3.22. The van der Waals surface area contributed by atoms with Crippen LogP contribution in [0.2, 0.25) is 0 Å².